The fourth-order valence-electron chi connectivity index (χ4n) is 3.21. The smallest absolute Gasteiger partial charge is 0.272 e. The van der Waals surface area contributed by atoms with Crippen LogP contribution < -0.4 is 5.32 Å². The van der Waals surface area contributed by atoms with Crippen molar-refractivity contribution >= 4 is 11.8 Å². The molecule has 2 aromatic heterocycles. The van der Waals surface area contributed by atoms with Crippen LogP contribution >= 0.6 is 0 Å². The van der Waals surface area contributed by atoms with Gasteiger partial charge in [-0.05, 0) is 5.56 Å². The van der Waals surface area contributed by atoms with Gasteiger partial charge in [0.25, 0.3) is 11.8 Å². The zero-order chi connectivity index (χ0) is 19.0. The minimum atomic E-state index is -0.421. The summed E-state index contributed by atoms with van der Waals surface area (Å²) < 4.78 is 3.46. The number of nitrogens with one attached hydrogen (secondary N) is 1. The van der Waals surface area contributed by atoms with E-state index < -0.39 is 6.04 Å². The maximum atomic E-state index is 12.9. The second kappa shape index (κ2) is 6.71. The molecule has 1 aliphatic rings. The van der Waals surface area contributed by atoms with Crippen molar-refractivity contribution in [2.24, 2.45) is 7.05 Å². The topological polar surface area (TPSA) is 85.1 Å². The molecule has 138 valence electrons. The molecule has 0 saturated heterocycles. The van der Waals surface area contributed by atoms with Crippen molar-refractivity contribution in [1.82, 2.24) is 29.5 Å². The summed E-state index contributed by atoms with van der Waals surface area (Å²) in [6, 6.07) is 10.8. The number of imidazole rings is 1. The quantitative estimate of drug-likeness (QED) is 0.754. The SMILES string of the molecule is CN1CCn2nc(C(=O)NC(c3ccccc3)c3nccn3C)cc2C1=O. The third-order valence-corrected chi connectivity index (χ3v) is 4.75. The van der Waals surface area contributed by atoms with Gasteiger partial charge in [0, 0.05) is 39.1 Å². The molecule has 1 aromatic carbocycles. The third kappa shape index (κ3) is 3.10. The van der Waals surface area contributed by atoms with Gasteiger partial charge in [-0.25, -0.2) is 4.98 Å². The number of benzene rings is 1. The molecule has 3 aromatic rings. The molecule has 1 unspecified atom stereocenters. The molecule has 3 heterocycles. The van der Waals surface area contributed by atoms with Crippen LogP contribution in [0.25, 0.3) is 0 Å². The Hall–Kier alpha value is -3.42. The van der Waals surface area contributed by atoms with E-state index in [0.717, 1.165) is 5.56 Å². The van der Waals surface area contributed by atoms with Gasteiger partial charge in [-0.3, -0.25) is 14.3 Å². The minimum Gasteiger partial charge on any atom is -0.339 e. The summed E-state index contributed by atoms with van der Waals surface area (Å²) in [4.78, 5) is 31.2. The van der Waals surface area contributed by atoms with Gasteiger partial charge in [0.1, 0.15) is 17.6 Å². The number of aromatic nitrogens is 4. The summed E-state index contributed by atoms with van der Waals surface area (Å²) in [5.74, 6) is 0.245. The molecule has 0 saturated carbocycles. The van der Waals surface area contributed by atoms with Gasteiger partial charge in [0.05, 0.1) is 6.54 Å². The second-order valence-electron chi connectivity index (χ2n) is 6.58. The number of fused-ring (bicyclic) bond motifs is 1. The van der Waals surface area contributed by atoms with Crippen molar-refractivity contribution in [3.8, 4) is 0 Å². The van der Waals surface area contributed by atoms with Crippen LogP contribution in [0, 0.1) is 0 Å². The number of rotatable bonds is 4. The largest absolute Gasteiger partial charge is 0.339 e. The first-order valence-corrected chi connectivity index (χ1v) is 8.71. The molecule has 0 aliphatic carbocycles. The number of carbonyl (C=O) groups is 2. The van der Waals surface area contributed by atoms with Crippen LogP contribution in [-0.2, 0) is 13.6 Å². The lowest BCUT2D eigenvalue weighted by molar-refractivity contribution is 0.0742. The van der Waals surface area contributed by atoms with E-state index in [1.54, 1.807) is 28.9 Å². The Bertz CT molecular complexity index is 991. The highest BCUT2D eigenvalue weighted by Gasteiger charge is 2.27. The van der Waals surface area contributed by atoms with Crippen molar-refractivity contribution in [1.29, 1.82) is 0 Å². The average Bonchev–Trinajstić information content (AvgIpc) is 3.30. The van der Waals surface area contributed by atoms with Crippen molar-refractivity contribution in [2.75, 3.05) is 13.6 Å². The van der Waals surface area contributed by atoms with E-state index in [0.29, 0.717) is 24.6 Å². The standard InChI is InChI=1S/C19H20N6O2/c1-23-9-8-20-17(23)16(13-6-4-3-5-7-13)21-18(26)14-12-15-19(27)24(2)10-11-25(15)22-14/h3-9,12,16H,10-11H2,1-2H3,(H,21,26). The Morgan fingerprint density at radius 3 is 2.67 bits per heavy atom. The van der Waals surface area contributed by atoms with E-state index in [1.807, 2.05) is 48.1 Å². The van der Waals surface area contributed by atoms with Crippen molar-refractivity contribution in [3.05, 3.63) is 71.6 Å². The summed E-state index contributed by atoms with van der Waals surface area (Å²) >= 11 is 0. The maximum absolute atomic E-state index is 12.9. The van der Waals surface area contributed by atoms with Gasteiger partial charge in [0.15, 0.2) is 5.69 Å². The van der Waals surface area contributed by atoms with Crippen LogP contribution in [0.1, 0.15) is 38.4 Å². The number of carbonyl (C=O) groups excluding carboxylic acids is 2. The number of amides is 2. The van der Waals surface area contributed by atoms with E-state index in [1.165, 1.54) is 0 Å². The number of aryl methyl sites for hydroxylation is 1. The zero-order valence-corrected chi connectivity index (χ0v) is 15.2. The predicted octanol–water partition coefficient (Wildman–Crippen LogP) is 1.22. The van der Waals surface area contributed by atoms with Crippen LogP contribution in [0.4, 0.5) is 0 Å². The lowest BCUT2D eigenvalue weighted by Gasteiger charge is -2.22. The Balaban J connectivity index is 1.64. The van der Waals surface area contributed by atoms with Crippen LogP contribution in [0.5, 0.6) is 0 Å². The highest BCUT2D eigenvalue weighted by Crippen LogP contribution is 2.21. The van der Waals surface area contributed by atoms with E-state index in [2.05, 4.69) is 15.4 Å². The molecule has 0 bridgehead atoms. The first-order chi connectivity index (χ1) is 13.0. The number of nitrogens with zero attached hydrogens (tertiary/aromatic N) is 5. The lowest BCUT2D eigenvalue weighted by atomic mass is 10.1. The molecule has 1 N–H and O–H groups in total. The summed E-state index contributed by atoms with van der Waals surface area (Å²) in [7, 11) is 3.62. The molecule has 0 spiro atoms. The second-order valence-corrected chi connectivity index (χ2v) is 6.58. The van der Waals surface area contributed by atoms with E-state index in [9.17, 15) is 9.59 Å². The van der Waals surface area contributed by atoms with Crippen LogP contribution in [-0.4, -0.2) is 49.6 Å². The number of hydrogen-bond acceptors (Lipinski definition) is 4. The molecule has 8 heteroatoms. The van der Waals surface area contributed by atoms with Crippen LogP contribution in [0.2, 0.25) is 0 Å². The average molecular weight is 364 g/mol. The Morgan fingerprint density at radius 2 is 1.96 bits per heavy atom. The molecule has 1 aliphatic heterocycles. The van der Waals surface area contributed by atoms with E-state index in [4.69, 9.17) is 0 Å². The van der Waals surface area contributed by atoms with Gasteiger partial charge < -0.3 is 14.8 Å². The minimum absolute atomic E-state index is 0.128. The van der Waals surface area contributed by atoms with Crippen molar-refractivity contribution < 1.29 is 9.59 Å². The van der Waals surface area contributed by atoms with Crippen LogP contribution in [0.3, 0.4) is 0 Å². The Morgan fingerprint density at radius 1 is 1.19 bits per heavy atom. The maximum Gasteiger partial charge on any atom is 0.272 e. The highest BCUT2D eigenvalue weighted by molar-refractivity contribution is 5.98. The van der Waals surface area contributed by atoms with Gasteiger partial charge in [-0.2, -0.15) is 5.10 Å². The van der Waals surface area contributed by atoms with Gasteiger partial charge in [0.2, 0.25) is 0 Å². The van der Waals surface area contributed by atoms with E-state index >= 15 is 0 Å². The molecule has 1 atom stereocenters. The van der Waals surface area contributed by atoms with E-state index in [-0.39, 0.29) is 17.5 Å². The molecule has 4 rings (SSSR count). The van der Waals surface area contributed by atoms with Gasteiger partial charge in [-0.1, -0.05) is 30.3 Å². The van der Waals surface area contributed by atoms with Crippen LogP contribution in [0.15, 0.2) is 48.8 Å². The van der Waals surface area contributed by atoms with Crippen molar-refractivity contribution in [3.63, 3.8) is 0 Å². The van der Waals surface area contributed by atoms with Gasteiger partial charge >= 0.3 is 0 Å². The molecule has 27 heavy (non-hydrogen) atoms. The fraction of sp³-hybridized carbons (Fsp3) is 0.263. The molecule has 2 amide bonds. The Labute approximate surface area is 156 Å². The first-order valence-electron chi connectivity index (χ1n) is 8.71. The highest BCUT2D eigenvalue weighted by atomic mass is 16.2. The summed E-state index contributed by atoms with van der Waals surface area (Å²) in [6.45, 7) is 1.15. The fourth-order valence-corrected chi connectivity index (χ4v) is 3.21. The predicted molar refractivity (Wildman–Crippen MR) is 98.1 cm³/mol. The summed E-state index contributed by atoms with van der Waals surface area (Å²) in [5, 5.41) is 7.32. The first kappa shape index (κ1) is 17.0. The molecular weight excluding hydrogens is 344 g/mol. The van der Waals surface area contributed by atoms with Gasteiger partial charge in [-0.15, -0.1) is 0 Å². The molecule has 0 radical (unpaired) electrons. The Kier molecular flexibility index (Phi) is 4.23. The summed E-state index contributed by atoms with van der Waals surface area (Å²) in [5.41, 5.74) is 1.57. The zero-order valence-electron chi connectivity index (χ0n) is 15.2. The third-order valence-electron chi connectivity index (χ3n) is 4.75. The van der Waals surface area contributed by atoms with Crippen molar-refractivity contribution in [2.45, 2.75) is 12.6 Å². The molecule has 8 nitrogen and oxygen atoms in total. The monoisotopic (exact) mass is 364 g/mol. The molecule has 0 fully saturated rings. The lowest BCUT2D eigenvalue weighted by Crippen LogP contribution is -2.37. The summed E-state index contributed by atoms with van der Waals surface area (Å²) in [6.07, 6.45) is 3.53. The molecular formula is C19H20N6O2. The normalized spacial score (nSPS) is 14.7. The number of hydrogen-bond donors (Lipinski definition) is 1. The number of likely N-dealkylation sites (N-methyl/N-ethyl adjacent to an activating group) is 1.